The molecule has 1 saturated heterocycles. The quantitative estimate of drug-likeness (QED) is 0.560. The zero-order valence-corrected chi connectivity index (χ0v) is 17.4. The minimum atomic E-state index is 0.160. The van der Waals surface area contributed by atoms with Crippen LogP contribution in [0.25, 0.3) is 0 Å². The number of nitrogens with one attached hydrogen (secondary N) is 2. The van der Waals surface area contributed by atoms with Gasteiger partial charge in [-0.05, 0) is 50.3 Å². The molecule has 2 N–H and O–H groups in total. The topological polar surface area (TPSA) is 80.5 Å². The number of aliphatic imine (C=N–C) groups is 1. The van der Waals surface area contributed by atoms with Crippen LogP contribution < -0.4 is 10.6 Å². The van der Waals surface area contributed by atoms with E-state index in [0.29, 0.717) is 24.1 Å². The number of hydrogen-bond acceptors (Lipinski definition) is 3. The monoisotopic (exact) mass is 383 g/mol. The van der Waals surface area contributed by atoms with E-state index in [4.69, 9.17) is 5.26 Å². The Hall–Kier alpha value is -2.55. The van der Waals surface area contributed by atoms with E-state index in [1.54, 1.807) is 6.07 Å². The number of nitrogens with zero attached hydrogens (tertiary/aromatic N) is 3. The standard InChI is InChI=1S/C22H33N5O/c1-4-19(5-2)21(28)27-12-10-20(11-13-27)26-22(24-6-3)25-16-18-9-7-8-17(14-18)15-23/h7-9,14,19-20H,4-6,10-13,16H2,1-3H3,(H2,24,25,26). The molecule has 0 spiro atoms. The Balaban J connectivity index is 1.90. The van der Waals surface area contributed by atoms with Gasteiger partial charge in [0.15, 0.2) is 5.96 Å². The van der Waals surface area contributed by atoms with Crippen LogP contribution in [0.15, 0.2) is 29.3 Å². The van der Waals surface area contributed by atoms with E-state index >= 15 is 0 Å². The largest absolute Gasteiger partial charge is 0.357 e. The zero-order chi connectivity index (χ0) is 20.4. The minimum Gasteiger partial charge on any atom is -0.357 e. The average molecular weight is 384 g/mol. The second-order valence-electron chi connectivity index (χ2n) is 7.26. The van der Waals surface area contributed by atoms with E-state index in [-0.39, 0.29) is 5.92 Å². The molecule has 0 unspecified atom stereocenters. The fourth-order valence-corrected chi connectivity index (χ4v) is 3.56. The van der Waals surface area contributed by atoms with Gasteiger partial charge in [0, 0.05) is 31.6 Å². The number of nitriles is 1. The fraction of sp³-hybridized carbons (Fsp3) is 0.591. The van der Waals surface area contributed by atoms with E-state index in [9.17, 15) is 4.79 Å². The normalized spacial score (nSPS) is 15.4. The molecule has 1 heterocycles. The van der Waals surface area contributed by atoms with Crippen molar-refractivity contribution in [3.05, 3.63) is 35.4 Å². The SMILES string of the molecule is CCNC(=NCc1cccc(C#N)c1)NC1CCN(C(=O)C(CC)CC)CC1. The van der Waals surface area contributed by atoms with Crippen LogP contribution in [0.5, 0.6) is 0 Å². The predicted octanol–water partition coefficient (Wildman–Crippen LogP) is 3.04. The molecule has 152 valence electrons. The smallest absolute Gasteiger partial charge is 0.225 e. The molecule has 1 fully saturated rings. The summed E-state index contributed by atoms with van der Waals surface area (Å²) in [5, 5.41) is 15.8. The Morgan fingerprint density at radius 2 is 2.00 bits per heavy atom. The van der Waals surface area contributed by atoms with E-state index in [2.05, 4.69) is 35.5 Å². The Morgan fingerprint density at radius 1 is 1.29 bits per heavy atom. The molecule has 1 aliphatic heterocycles. The molecule has 1 aromatic rings. The first kappa shape index (κ1) is 21.7. The van der Waals surface area contributed by atoms with Gasteiger partial charge >= 0.3 is 0 Å². The first-order valence-corrected chi connectivity index (χ1v) is 10.4. The number of likely N-dealkylation sites (tertiary alicyclic amines) is 1. The van der Waals surface area contributed by atoms with Crippen LogP contribution in [0.1, 0.15) is 57.6 Å². The van der Waals surface area contributed by atoms with Gasteiger partial charge in [-0.1, -0.05) is 26.0 Å². The Morgan fingerprint density at radius 3 is 2.61 bits per heavy atom. The molecule has 6 heteroatoms. The summed E-state index contributed by atoms with van der Waals surface area (Å²) < 4.78 is 0. The summed E-state index contributed by atoms with van der Waals surface area (Å²) in [5.41, 5.74) is 1.67. The van der Waals surface area contributed by atoms with Gasteiger partial charge in [-0.2, -0.15) is 5.26 Å². The maximum absolute atomic E-state index is 12.5. The number of amides is 1. The second kappa shape index (κ2) is 11.3. The fourth-order valence-electron chi connectivity index (χ4n) is 3.56. The van der Waals surface area contributed by atoms with E-state index in [1.165, 1.54) is 0 Å². The molecule has 0 atom stereocenters. The molecule has 1 aromatic carbocycles. The summed E-state index contributed by atoms with van der Waals surface area (Å²) in [5.74, 6) is 1.25. The number of piperidine rings is 1. The van der Waals surface area contributed by atoms with Gasteiger partial charge < -0.3 is 15.5 Å². The van der Waals surface area contributed by atoms with Crippen molar-refractivity contribution in [2.45, 2.75) is 59.0 Å². The molecule has 0 radical (unpaired) electrons. The molecule has 0 bridgehead atoms. The van der Waals surface area contributed by atoms with Crippen LogP contribution in [-0.4, -0.2) is 42.4 Å². The molecule has 1 amide bonds. The summed E-state index contributed by atoms with van der Waals surface area (Å²) in [6.07, 6.45) is 3.69. The summed E-state index contributed by atoms with van der Waals surface area (Å²) in [7, 11) is 0. The first-order valence-electron chi connectivity index (χ1n) is 10.4. The molecule has 6 nitrogen and oxygen atoms in total. The minimum absolute atomic E-state index is 0.160. The Labute approximate surface area is 169 Å². The van der Waals surface area contributed by atoms with Gasteiger partial charge in [-0.25, -0.2) is 4.99 Å². The lowest BCUT2D eigenvalue weighted by Crippen LogP contribution is -2.50. The zero-order valence-electron chi connectivity index (χ0n) is 17.4. The number of guanidine groups is 1. The van der Waals surface area contributed by atoms with Crippen molar-refractivity contribution in [3.8, 4) is 6.07 Å². The Bertz CT molecular complexity index is 697. The van der Waals surface area contributed by atoms with Gasteiger partial charge in [-0.15, -0.1) is 0 Å². The summed E-state index contributed by atoms with van der Waals surface area (Å²) in [4.78, 5) is 19.2. The molecule has 0 aromatic heterocycles. The van der Waals surface area contributed by atoms with Crippen molar-refractivity contribution < 1.29 is 4.79 Å². The highest BCUT2D eigenvalue weighted by Crippen LogP contribution is 2.17. The molecular weight excluding hydrogens is 350 g/mol. The van der Waals surface area contributed by atoms with Crippen LogP contribution in [-0.2, 0) is 11.3 Å². The van der Waals surface area contributed by atoms with Crippen molar-refractivity contribution in [2.24, 2.45) is 10.9 Å². The van der Waals surface area contributed by atoms with Gasteiger partial charge in [-0.3, -0.25) is 4.79 Å². The highest BCUT2D eigenvalue weighted by atomic mass is 16.2. The number of carbonyl (C=O) groups is 1. The predicted molar refractivity (Wildman–Crippen MR) is 113 cm³/mol. The van der Waals surface area contributed by atoms with Gasteiger partial charge in [0.25, 0.3) is 0 Å². The number of carbonyl (C=O) groups excluding carboxylic acids is 1. The van der Waals surface area contributed by atoms with Crippen LogP contribution in [0.4, 0.5) is 0 Å². The highest BCUT2D eigenvalue weighted by molar-refractivity contribution is 5.80. The summed E-state index contributed by atoms with van der Waals surface area (Å²) >= 11 is 0. The lowest BCUT2D eigenvalue weighted by Gasteiger charge is -2.34. The average Bonchev–Trinajstić information content (AvgIpc) is 2.73. The summed E-state index contributed by atoms with van der Waals surface area (Å²) in [6.45, 7) is 9.14. The molecular formula is C22H33N5O. The van der Waals surface area contributed by atoms with E-state index in [0.717, 1.165) is 56.8 Å². The first-order chi connectivity index (χ1) is 13.6. The lowest BCUT2D eigenvalue weighted by molar-refractivity contribution is -0.136. The Kier molecular flexibility index (Phi) is 8.80. The molecule has 0 saturated carbocycles. The van der Waals surface area contributed by atoms with Crippen molar-refractivity contribution in [3.63, 3.8) is 0 Å². The third-order valence-electron chi connectivity index (χ3n) is 5.30. The van der Waals surface area contributed by atoms with Crippen LogP contribution in [0, 0.1) is 17.2 Å². The van der Waals surface area contributed by atoms with Crippen molar-refractivity contribution >= 4 is 11.9 Å². The number of benzene rings is 1. The third-order valence-corrected chi connectivity index (χ3v) is 5.30. The van der Waals surface area contributed by atoms with Crippen LogP contribution in [0.2, 0.25) is 0 Å². The van der Waals surface area contributed by atoms with Crippen molar-refractivity contribution in [1.82, 2.24) is 15.5 Å². The van der Waals surface area contributed by atoms with Crippen LogP contribution >= 0.6 is 0 Å². The highest BCUT2D eigenvalue weighted by Gasteiger charge is 2.26. The molecule has 28 heavy (non-hydrogen) atoms. The van der Waals surface area contributed by atoms with E-state index in [1.807, 2.05) is 30.0 Å². The third kappa shape index (κ3) is 6.26. The summed E-state index contributed by atoms with van der Waals surface area (Å²) in [6, 6.07) is 10.0. The number of rotatable bonds is 7. The number of hydrogen-bond donors (Lipinski definition) is 2. The van der Waals surface area contributed by atoms with Crippen molar-refractivity contribution in [1.29, 1.82) is 5.26 Å². The molecule has 1 aliphatic rings. The van der Waals surface area contributed by atoms with Gasteiger partial charge in [0.05, 0.1) is 18.2 Å². The second-order valence-corrected chi connectivity index (χ2v) is 7.26. The van der Waals surface area contributed by atoms with Gasteiger partial charge in [0.1, 0.15) is 0 Å². The lowest BCUT2D eigenvalue weighted by atomic mass is 9.98. The molecule has 0 aliphatic carbocycles. The van der Waals surface area contributed by atoms with E-state index < -0.39 is 0 Å². The van der Waals surface area contributed by atoms with Gasteiger partial charge in [0.2, 0.25) is 5.91 Å². The van der Waals surface area contributed by atoms with Crippen LogP contribution in [0.3, 0.4) is 0 Å². The van der Waals surface area contributed by atoms with Crippen molar-refractivity contribution in [2.75, 3.05) is 19.6 Å². The molecule has 2 rings (SSSR count). The maximum Gasteiger partial charge on any atom is 0.225 e. The maximum atomic E-state index is 12.5.